The molecule has 0 amide bonds. The van der Waals surface area contributed by atoms with Gasteiger partial charge in [-0.25, -0.2) is 0 Å². The zero-order valence-electron chi connectivity index (χ0n) is 10.5. The van der Waals surface area contributed by atoms with Crippen LogP contribution in [-0.2, 0) is 6.42 Å². The summed E-state index contributed by atoms with van der Waals surface area (Å²) in [5, 5.41) is 12.1. The molecule has 18 heavy (non-hydrogen) atoms. The van der Waals surface area contributed by atoms with Crippen molar-refractivity contribution in [3.05, 3.63) is 28.8 Å². The summed E-state index contributed by atoms with van der Waals surface area (Å²) in [6.07, 6.45) is 6.74. The Balaban J connectivity index is 1.95. The van der Waals surface area contributed by atoms with Crippen molar-refractivity contribution >= 4 is 11.8 Å². The first kappa shape index (κ1) is 11.2. The molecule has 0 saturated heterocycles. The van der Waals surface area contributed by atoms with Gasteiger partial charge in [0.1, 0.15) is 11.9 Å². The summed E-state index contributed by atoms with van der Waals surface area (Å²) in [4.78, 5) is 0. The molecule has 1 aromatic rings. The highest BCUT2D eigenvalue weighted by Gasteiger charge is 2.27. The minimum Gasteiger partial charge on any atom is -0.489 e. The Morgan fingerprint density at radius 1 is 1.56 bits per heavy atom. The van der Waals surface area contributed by atoms with E-state index in [1.165, 1.54) is 22.4 Å². The van der Waals surface area contributed by atoms with E-state index in [0.717, 1.165) is 25.1 Å². The standard InChI is InChI=1S/C15H16N2O/c1-10-8-11-9-12(4-2-6-16)18-15(11)13-5-3-7-17-14(10)13/h3,5,8,12,17H,2,4,7,9H2,1H3. The number of nitrogens with zero attached hydrogens (tertiary/aromatic N) is 1. The van der Waals surface area contributed by atoms with Gasteiger partial charge in [0.05, 0.1) is 6.07 Å². The quantitative estimate of drug-likeness (QED) is 0.864. The van der Waals surface area contributed by atoms with E-state index in [9.17, 15) is 0 Å². The fraction of sp³-hybridized carbons (Fsp3) is 0.400. The molecular formula is C15H16N2O. The number of hydrogen-bond acceptors (Lipinski definition) is 3. The van der Waals surface area contributed by atoms with Crippen molar-refractivity contribution in [2.24, 2.45) is 0 Å². The maximum Gasteiger partial charge on any atom is 0.132 e. The van der Waals surface area contributed by atoms with Crippen LogP contribution in [0.15, 0.2) is 12.1 Å². The van der Waals surface area contributed by atoms with Crippen LogP contribution in [0.25, 0.3) is 6.08 Å². The molecule has 0 aromatic heterocycles. The summed E-state index contributed by atoms with van der Waals surface area (Å²) in [6.45, 7) is 3.01. The van der Waals surface area contributed by atoms with Gasteiger partial charge in [-0.3, -0.25) is 0 Å². The van der Waals surface area contributed by atoms with Crippen molar-refractivity contribution in [3.8, 4) is 11.8 Å². The lowest BCUT2D eigenvalue weighted by molar-refractivity contribution is 0.223. The van der Waals surface area contributed by atoms with Crippen LogP contribution in [0.2, 0.25) is 0 Å². The highest BCUT2D eigenvalue weighted by molar-refractivity contribution is 5.79. The minimum absolute atomic E-state index is 0.167. The van der Waals surface area contributed by atoms with E-state index in [0.29, 0.717) is 6.42 Å². The smallest absolute Gasteiger partial charge is 0.132 e. The van der Waals surface area contributed by atoms with Gasteiger partial charge in [0.2, 0.25) is 0 Å². The molecule has 0 bridgehead atoms. The van der Waals surface area contributed by atoms with Crippen LogP contribution in [0, 0.1) is 18.3 Å². The molecule has 3 rings (SSSR count). The molecule has 1 unspecified atom stereocenters. The third kappa shape index (κ3) is 1.74. The van der Waals surface area contributed by atoms with Crippen LogP contribution in [0.1, 0.15) is 29.5 Å². The number of ether oxygens (including phenoxy) is 1. The summed E-state index contributed by atoms with van der Waals surface area (Å²) in [7, 11) is 0. The van der Waals surface area contributed by atoms with E-state index in [-0.39, 0.29) is 6.10 Å². The van der Waals surface area contributed by atoms with Gasteiger partial charge in [-0.15, -0.1) is 0 Å². The van der Waals surface area contributed by atoms with Gasteiger partial charge >= 0.3 is 0 Å². The van der Waals surface area contributed by atoms with Crippen molar-refractivity contribution in [1.82, 2.24) is 0 Å². The Morgan fingerprint density at radius 3 is 3.28 bits per heavy atom. The number of nitriles is 1. The molecule has 1 N–H and O–H groups in total. The third-order valence-corrected chi connectivity index (χ3v) is 3.58. The second-order valence-electron chi connectivity index (χ2n) is 4.89. The number of hydrogen-bond donors (Lipinski definition) is 1. The van der Waals surface area contributed by atoms with Gasteiger partial charge < -0.3 is 10.1 Å². The van der Waals surface area contributed by atoms with E-state index >= 15 is 0 Å². The molecule has 3 heteroatoms. The first-order valence-corrected chi connectivity index (χ1v) is 6.40. The molecular weight excluding hydrogens is 224 g/mol. The normalized spacial score (nSPS) is 19.4. The van der Waals surface area contributed by atoms with Gasteiger partial charge in [-0.05, 0) is 24.5 Å². The maximum atomic E-state index is 8.65. The van der Waals surface area contributed by atoms with Crippen molar-refractivity contribution in [1.29, 1.82) is 5.26 Å². The van der Waals surface area contributed by atoms with E-state index in [2.05, 4.69) is 36.5 Å². The lowest BCUT2D eigenvalue weighted by atomic mass is 9.98. The van der Waals surface area contributed by atoms with Crippen LogP contribution in [-0.4, -0.2) is 12.6 Å². The highest BCUT2D eigenvalue weighted by Crippen LogP contribution is 2.41. The maximum absolute atomic E-state index is 8.65. The fourth-order valence-corrected chi connectivity index (χ4v) is 2.76. The van der Waals surface area contributed by atoms with E-state index in [4.69, 9.17) is 10.00 Å². The van der Waals surface area contributed by atoms with E-state index in [1.807, 2.05) is 0 Å². The predicted molar refractivity (Wildman–Crippen MR) is 71.7 cm³/mol. The summed E-state index contributed by atoms with van der Waals surface area (Å²) in [5.74, 6) is 1.02. The Hall–Kier alpha value is -1.95. The van der Waals surface area contributed by atoms with Crippen molar-refractivity contribution < 1.29 is 4.74 Å². The average Bonchev–Trinajstić information content (AvgIpc) is 2.80. The molecule has 1 aromatic carbocycles. The van der Waals surface area contributed by atoms with Crippen molar-refractivity contribution in [3.63, 3.8) is 0 Å². The predicted octanol–water partition coefficient (Wildman–Crippen LogP) is 3.04. The summed E-state index contributed by atoms with van der Waals surface area (Å²) >= 11 is 0. The van der Waals surface area contributed by atoms with Gasteiger partial charge in [-0.2, -0.15) is 5.26 Å². The Morgan fingerprint density at radius 2 is 2.44 bits per heavy atom. The number of anilines is 1. The Labute approximate surface area is 107 Å². The lowest BCUT2D eigenvalue weighted by Gasteiger charge is -2.19. The second-order valence-corrected chi connectivity index (χ2v) is 4.89. The molecule has 0 fully saturated rings. The number of benzene rings is 1. The number of nitrogens with one attached hydrogen (secondary N) is 1. The summed E-state index contributed by atoms with van der Waals surface area (Å²) < 4.78 is 6.02. The van der Waals surface area contributed by atoms with Gasteiger partial charge in [0, 0.05) is 30.6 Å². The topological polar surface area (TPSA) is 45.0 Å². The third-order valence-electron chi connectivity index (χ3n) is 3.58. The number of aryl methyl sites for hydroxylation is 1. The molecule has 0 saturated carbocycles. The molecule has 2 heterocycles. The minimum atomic E-state index is 0.167. The van der Waals surface area contributed by atoms with Crippen LogP contribution in [0.3, 0.4) is 0 Å². The molecule has 3 nitrogen and oxygen atoms in total. The molecule has 0 radical (unpaired) electrons. The van der Waals surface area contributed by atoms with Gasteiger partial charge in [-0.1, -0.05) is 18.2 Å². The zero-order chi connectivity index (χ0) is 12.5. The zero-order valence-corrected chi connectivity index (χ0v) is 10.5. The molecule has 92 valence electrons. The van der Waals surface area contributed by atoms with Crippen molar-refractivity contribution in [2.45, 2.75) is 32.3 Å². The molecule has 2 aliphatic rings. The molecule has 1 atom stereocenters. The van der Waals surface area contributed by atoms with E-state index < -0.39 is 0 Å². The van der Waals surface area contributed by atoms with Crippen LogP contribution in [0.4, 0.5) is 5.69 Å². The monoisotopic (exact) mass is 240 g/mol. The first-order chi connectivity index (χ1) is 8.79. The lowest BCUT2D eigenvalue weighted by Crippen LogP contribution is -2.12. The second kappa shape index (κ2) is 4.38. The van der Waals surface area contributed by atoms with Crippen LogP contribution >= 0.6 is 0 Å². The first-order valence-electron chi connectivity index (χ1n) is 6.40. The fourth-order valence-electron chi connectivity index (χ4n) is 2.76. The summed E-state index contributed by atoms with van der Waals surface area (Å²) in [5.41, 5.74) is 4.92. The Kier molecular flexibility index (Phi) is 2.71. The molecule has 2 aliphatic heterocycles. The van der Waals surface area contributed by atoms with Crippen molar-refractivity contribution in [2.75, 3.05) is 11.9 Å². The molecule has 0 spiro atoms. The Bertz CT molecular complexity index is 555. The van der Waals surface area contributed by atoms with Crippen LogP contribution < -0.4 is 10.1 Å². The highest BCUT2D eigenvalue weighted by atomic mass is 16.5. The molecule has 0 aliphatic carbocycles. The largest absolute Gasteiger partial charge is 0.489 e. The number of rotatable bonds is 2. The van der Waals surface area contributed by atoms with Gasteiger partial charge in [0.15, 0.2) is 0 Å². The summed E-state index contributed by atoms with van der Waals surface area (Å²) in [6, 6.07) is 4.40. The SMILES string of the molecule is Cc1cc2c(c3c1NCC=C3)OC(CCC#N)C2. The average molecular weight is 240 g/mol. The van der Waals surface area contributed by atoms with Crippen LogP contribution in [0.5, 0.6) is 5.75 Å². The number of fused-ring (bicyclic) bond motifs is 3. The van der Waals surface area contributed by atoms with Gasteiger partial charge in [0.25, 0.3) is 0 Å². The van der Waals surface area contributed by atoms with E-state index in [1.54, 1.807) is 0 Å².